The number of anilines is 1. The van der Waals surface area contributed by atoms with Gasteiger partial charge in [0.05, 0.1) is 0 Å². The fourth-order valence-corrected chi connectivity index (χ4v) is 2.18. The second kappa shape index (κ2) is 6.44. The van der Waals surface area contributed by atoms with Gasteiger partial charge in [0.2, 0.25) is 0 Å². The third kappa shape index (κ3) is 4.63. The maximum absolute atomic E-state index is 12.2. The molecule has 0 spiro atoms. The number of hydrogen-bond acceptors (Lipinski definition) is 2. The maximum atomic E-state index is 12.2. The summed E-state index contributed by atoms with van der Waals surface area (Å²) in [7, 11) is 0. The Morgan fingerprint density at radius 3 is 2.29 bits per heavy atom. The zero-order chi connectivity index (χ0) is 15.3. The molecule has 0 heterocycles. The highest BCUT2D eigenvalue weighted by Gasteiger charge is 2.20. The minimum atomic E-state index is -0.256. The highest BCUT2D eigenvalue weighted by Crippen LogP contribution is 2.15. The molecule has 0 fully saturated rings. The Morgan fingerprint density at radius 1 is 1.05 bits per heavy atom. The molecule has 0 saturated carbocycles. The van der Waals surface area contributed by atoms with Crippen LogP contribution >= 0.6 is 0 Å². The molecule has 1 amide bonds. The van der Waals surface area contributed by atoms with Gasteiger partial charge < -0.3 is 11.1 Å². The van der Waals surface area contributed by atoms with Gasteiger partial charge in [0.25, 0.3) is 5.91 Å². The van der Waals surface area contributed by atoms with Crippen LogP contribution in [-0.2, 0) is 6.42 Å². The molecule has 2 aromatic carbocycles. The number of nitrogen functional groups attached to an aromatic ring is 1. The second-order valence-electron chi connectivity index (χ2n) is 5.95. The second-order valence-corrected chi connectivity index (χ2v) is 5.95. The lowest BCUT2D eigenvalue weighted by Gasteiger charge is -2.26. The SMILES string of the molecule is CC(C)(CCc1ccccc1)NC(=O)c1ccc(N)cc1. The molecule has 21 heavy (non-hydrogen) atoms. The van der Waals surface area contributed by atoms with E-state index in [-0.39, 0.29) is 11.4 Å². The lowest BCUT2D eigenvalue weighted by Crippen LogP contribution is -2.43. The summed E-state index contributed by atoms with van der Waals surface area (Å²) in [4.78, 5) is 12.2. The highest BCUT2D eigenvalue weighted by atomic mass is 16.1. The van der Waals surface area contributed by atoms with Crippen LogP contribution in [0.1, 0.15) is 36.2 Å². The zero-order valence-electron chi connectivity index (χ0n) is 12.6. The van der Waals surface area contributed by atoms with Gasteiger partial charge in [0.15, 0.2) is 0 Å². The topological polar surface area (TPSA) is 55.1 Å². The summed E-state index contributed by atoms with van der Waals surface area (Å²) < 4.78 is 0. The number of rotatable bonds is 5. The zero-order valence-corrected chi connectivity index (χ0v) is 12.6. The van der Waals surface area contributed by atoms with E-state index in [1.165, 1.54) is 5.56 Å². The fourth-order valence-electron chi connectivity index (χ4n) is 2.18. The predicted molar refractivity (Wildman–Crippen MR) is 87.2 cm³/mol. The summed E-state index contributed by atoms with van der Waals surface area (Å²) in [6, 6.07) is 17.3. The van der Waals surface area contributed by atoms with Gasteiger partial charge in [-0.1, -0.05) is 30.3 Å². The normalized spacial score (nSPS) is 11.1. The number of carbonyl (C=O) groups excluding carboxylic acids is 1. The Bertz CT molecular complexity index is 588. The van der Waals surface area contributed by atoms with E-state index in [0.29, 0.717) is 11.3 Å². The Kier molecular flexibility index (Phi) is 4.63. The van der Waals surface area contributed by atoms with Crippen LogP contribution in [-0.4, -0.2) is 11.4 Å². The summed E-state index contributed by atoms with van der Waals surface area (Å²) in [5.74, 6) is -0.0620. The molecule has 0 aliphatic heterocycles. The van der Waals surface area contributed by atoms with Gasteiger partial charge in [0.1, 0.15) is 0 Å². The number of nitrogens with one attached hydrogen (secondary N) is 1. The van der Waals surface area contributed by atoms with Gasteiger partial charge in [-0.05, 0) is 56.5 Å². The average molecular weight is 282 g/mol. The molecule has 0 aliphatic carbocycles. The third-order valence-corrected chi connectivity index (χ3v) is 3.51. The smallest absolute Gasteiger partial charge is 0.251 e. The van der Waals surface area contributed by atoms with E-state index < -0.39 is 0 Å². The molecule has 0 atom stereocenters. The van der Waals surface area contributed by atoms with Gasteiger partial charge in [-0.25, -0.2) is 0 Å². The molecule has 110 valence electrons. The summed E-state index contributed by atoms with van der Waals surface area (Å²) in [6.45, 7) is 4.09. The van der Waals surface area contributed by atoms with Crippen LogP contribution in [0, 0.1) is 0 Å². The molecule has 0 aliphatic rings. The minimum Gasteiger partial charge on any atom is -0.399 e. The predicted octanol–water partition coefficient (Wildman–Crippen LogP) is 3.41. The minimum absolute atomic E-state index is 0.0620. The van der Waals surface area contributed by atoms with E-state index in [4.69, 9.17) is 5.73 Å². The van der Waals surface area contributed by atoms with Gasteiger partial charge in [-0.15, -0.1) is 0 Å². The number of amides is 1. The molecule has 3 heteroatoms. The largest absolute Gasteiger partial charge is 0.399 e. The lowest BCUT2D eigenvalue weighted by atomic mass is 9.95. The van der Waals surface area contributed by atoms with Crippen LogP contribution in [0.4, 0.5) is 5.69 Å². The maximum Gasteiger partial charge on any atom is 0.251 e. The quantitative estimate of drug-likeness (QED) is 0.826. The summed E-state index contributed by atoms with van der Waals surface area (Å²) in [5.41, 5.74) is 7.96. The van der Waals surface area contributed by atoms with E-state index >= 15 is 0 Å². The van der Waals surface area contributed by atoms with Crippen molar-refractivity contribution in [3.05, 3.63) is 65.7 Å². The molecule has 0 unspecified atom stereocenters. The van der Waals surface area contributed by atoms with Crippen molar-refractivity contribution in [3.8, 4) is 0 Å². The molecular weight excluding hydrogens is 260 g/mol. The standard InChI is InChI=1S/C18H22N2O/c1-18(2,13-12-14-6-4-3-5-7-14)20-17(21)15-8-10-16(19)11-9-15/h3-11H,12-13,19H2,1-2H3,(H,20,21). The molecule has 0 radical (unpaired) electrons. The first-order chi connectivity index (χ1) is 9.96. The van der Waals surface area contributed by atoms with E-state index in [1.807, 2.05) is 32.0 Å². The molecule has 0 aromatic heterocycles. The third-order valence-electron chi connectivity index (χ3n) is 3.51. The van der Waals surface area contributed by atoms with Crippen molar-refractivity contribution in [1.82, 2.24) is 5.32 Å². The van der Waals surface area contributed by atoms with E-state index in [9.17, 15) is 4.79 Å². The van der Waals surface area contributed by atoms with E-state index in [0.717, 1.165) is 12.8 Å². The number of nitrogens with two attached hydrogens (primary N) is 1. The van der Waals surface area contributed by atoms with Crippen molar-refractivity contribution < 1.29 is 4.79 Å². The molecule has 3 nitrogen and oxygen atoms in total. The van der Waals surface area contributed by atoms with Crippen LogP contribution in [0.25, 0.3) is 0 Å². The molecule has 3 N–H and O–H groups in total. The molecule has 2 rings (SSSR count). The van der Waals surface area contributed by atoms with Gasteiger partial charge in [-0.2, -0.15) is 0 Å². The summed E-state index contributed by atoms with van der Waals surface area (Å²) >= 11 is 0. The molecule has 0 bridgehead atoms. The first-order valence-electron chi connectivity index (χ1n) is 7.18. The summed E-state index contributed by atoms with van der Waals surface area (Å²) in [5, 5.41) is 3.08. The Morgan fingerprint density at radius 2 is 1.67 bits per heavy atom. The summed E-state index contributed by atoms with van der Waals surface area (Å²) in [6.07, 6.45) is 1.83. The number of benzene rings is 2. The number of carbonyl (C=O) groups is 1. The first-order valence-corrected chi connectivity index (χ1v) is 7.18. The first kappa shape index (κ1) is 15.1. The van der Waals surface area contributed by atoms with Crippen LogP contribution in [0.3, 0.4) is 0 Å². The van der Waals surface area contributed by atoms with Gasteiger partial charge in [0, 0.05) is 16.8 Å². The average Bonchev–Trinajstić information content (AvgIpc) is 2.46. The van der Waals surface area contributed by atoms with Gasteiger partial charge in [-0.3, -0.25) is 4.79 Å². The Balaban J connectivity index is 1.93. The Hall–Kier alpha value is -2.29. The molecular formula is C18H22N2O. The van der Waals surface area contributed by atoms with Crippen LogP contribution in [0.2, 0.25) is 0 Å². The highest BCUT2D eigenvalue weighted by molar-refractivity contribution is 5.94. The lowest BCUT2D eigenvalue weighted by molar-refractivity contribution is 0.0909. The van der Waals surface area contributed by atoms with Crippen molar-refractivity contribution in [3.63, 3.8) is 0 Å². The van der Waals surface area contributed by atoms with Crippen molar-refractivity contribution in [2.24, 2.45) is 0 Å². The van der Waals surface area contributed by atoms with E-state index in [2.05, 4.69) is 17.4 Å². The fraction of sp³-hybridized carbons (Fsp3) is 0.278. The number of aryl methyl sites for hydroxylation is 1. The van der Waals surface area contributed by atoms with Crippen LogP contribution < -0.4 is 11.1 Å². The Labute approximate surface area is 126 Å². The van der Waals surface area contributed by atoms with Crippen molar-refractivity contribution >= 4 is 11.6 Å². The van der Waals surface area contributed by atoms with Gasteiger partial charge >= 0.3 is 0 Å². The monoisotopic (exact) mass is 282 g/mol. The molecule has 2 aromatic rings. The number of hydrogen-bond donors (Lipinski definition) is 2. The van der Waals surface area contributed by atoms with Crippen LogP contribution in [0.15, 0.2) is 54.6 Å². The van der Waals surface area contributed by atoms with E-state index in [1.54, 1.807) is 24.3 Å². The molecule has 0 saturated heterocycles. The van der Waals surface area contributed by atoms with Crippen molar-refractivity contribution in [1.29, 1.82) is 0 Å². The van der Waals surface area contributed by atoms with Crippen LogP contribution in [0.5, 0.6) is 0 Å². The van der Waals surface area contributed by atoms with Crippen molar-refractivity contribution in [2.75, 3.05) is 5.73 Å². The van der Waals surface area contributed by atoms with Crippen molar-refractivity contribution in [2.45, 2.75) is 32.2 Å².